The molecule has 0 radical (unpaired) electrons. The van der Waals surface area contributed by atoms with Crippen LogP contribution in [0, 0.1) is 17.3 Å². The molecule has 0 aromatic heterocycles. The third kappa shape index (κ3) is 2.81. The largest absolute Gasteiger partial charge is 0.325 e. The van der Waals surface area contributed by atoms with Crippen LogP contribution < -0.4 is 5.32 Å². The maximum absolute atomic E-state index is 12.9. The summed E-state index contributed by atoms with van der Waals surface area (Å²) >= 11 is 4.05. The molecule has 4 bridgehead atoms. The Hall–Kier alpha value is -1.35. The Morgan fingerprint density at radius 2 is 1.76 bits per heavy atom. The minimum Gasteiger partial charge on any atom is -0.325 e. The molecule has 4 fully saturated rings. The van der Waals surface area contributed by atoms with Crippen LogP contribution in [0.1, 0.15) is 44.9 Å². The first-order valence-corrected chi connectivity index (χ1v) is 10.3. The standard InChI is InChI=1S/C22H24BrNO/c23-22-11-15-8-16(12-22)10-21(9-15,14-22)13-20(25)24-19-7-3-5-17-4-1-2-6-18(17)19/h1-7,15-16H,8-14H2,(H,24,25)/t15-,16-,21?,22?/m1/s1. The van der Waals surface area contributed by atoms with Gasteiger partial charge in [0.1, 0.15) is 0 Å². The van der Waals surface area contributed by atoms with Gasteiger partial charge in [-0.05, 0) is 67.2 Å². The maximum atomic E-state index is 12.9. The van der Waals surface area contributed by atoms with Crippen LogP contribution in [0.2, 0.25) is 0 Å². The lowest BCUT2D eigenvalue weighted by atomic mass is 9.48. The van der Waals surface area contributed by atoms with Gasteiger partial charge in [0.15, 0.2) is 0 Å². The van der Waals surface area contributed by atoms with Crippen molar-refractivity contribution in [2.75, 3.05) is 5.32 Å². The van der Waals surface area contributed by atoms with Crippen LogP contribution in [-0.4, -0.2) is 10.2 Å². The van der Waals surface area contributed by atoms with E-state index in [1.807, 2.05) is 24.3 Å². The second-order valence-electron chi connectivity index (χ2n) is 8.86. The summed E-state index contributed by atoms with van der Waals surface area (Å²) in [6.45, 7) is 0. The lowest BCUT2D eigenvalue weighted by Gasteiger charge is -2.60. The number of halogens is 1. The van der Waals surface area contributed by atoms with Crippen molar-refractivity contribution in [3.05, 3.63) is 42.5 Å². The molecule has 4 aliphatic rings. The summed E-state index contributed by atoms with van der Waals surface area (Å²) in [7, 11) is 0. The molecule has 0 unspecified atom stereocenters. The summed E-state index contributed by atoms with van der Waals surface area (Å²) in [5, 5.41) is 5.52. The van der Waals surface area contributed by atoms with Gasteiger partial charge in [-0.3, -0.25) is 4.79 Å². The molecular formula is C22H24BrNO. The lowest BCUT2D eigenvalue weighted by Crippen LogP contribution is -2.53. The van der Waals surface area contributed by atoms with Gasteiger partial charge in [0.05, 0.1) is 0 Å². The highest BCUT2D eigenvalue weighted by Gasteiger charge is 2.57. The molecule has 2 aromatic carbocycles. The number of hydrogen-bond acceptors (Lipinski definition) is 1. The van der Waals surface area contributed by atoms with Gasteiger partial charge in [-0.25, -0.2) is 0 Å². The van der Waals surface area contributed by atoms with E-state index in [1.54, 1.807) is 0 Å². The Bertz CT molecular complexity index is 826. The number of nitrogens with one attached hydrogen (secondary N) is 1. The molecule has 0 saturated heterocycles. The molecule has 4 saturated carbocycles. The smallest absolute Gasteiger partial charge is 0.224 e. The van der Waals surface area contributed by atoms with E-state index >= 15 is 0 Å². The zero-order chi connectivity index (χ0) is 17.1. The number of anilines is 1. The molecule has 0 aliphatic heterocycles. The average molecular weight is 398 g/mol. The van der Waals surface area contributed by atoms with Crippen LogP contribution in [0.4, 0.5) is 5.69 Å². The third-order valence-corrected chi connectivity index (χ3v) is 7.64. The number of amides is 1. The summed E-state index contributed by atoms with van der Waals surface area (Å²) < 4.78 is 0.316. The molecule has 3 heteroatoms. The highest BCUT2D eigenvalue weighted by atomic mass is 79.9. The van der Waals surface area contributed by atoms with Gasteiger partial charge >= 0.3 is 0 Å². The van der Waals surface area contributed by atoms with E-state index in [9.17, 15) is 4.79 Å². The van der Waals surface area contributed by atoms with Crippen molar-refractivity contribution in [1.82, 2.24) is 0 Å². The highest BCUT2D eigenvalue weighted by molar-refractivity contribution is 9.10. The Labute approximate surface area is 157 Å². The van der Waals surface area contributed by atoms with E-state index in [1.165, 1.54) is 43.9 Å². The van der Waals surface area contributed by atoms with E-state index in [2.05, 4.69) is 39.4 Å². The molecule has 6 rings (SSSR count). The Morgan fingerprint density at radius 3 is 2.52 bits per heavy atom. The third-order valence-electron chi connectivity index (χ3n) is 6.71. The minimum atomic E-state index is 0.189. The van der Waals surface area contributed by atoms with Gasteiger partial charge in [-0.1, -0.05) is 52.3 Å². The zero-order valence-electron chi connectivity index (χ0n) is 14.4. The molecule has 2 atom stereocenters. The van der Waals surface area contributed by atoms with Crippen molar-refractivity contribution < 1.29 is 4.79 Å². The second-order valence-corrected chi connectivity index (χ2v) is 10.5. The van der Waals surface area contributed by atoms with Gasteiger partial charge in [-0.2, -0.15) is 0 Å². The predicted molar refractivity (Wildman–Crippen MR) is 106 cm³/mol. The number of rotatable bonds is 3. The number of fused-ring (bicyclic) bond motifs is 1. The predicted octanol–water partition coefficient (Wildman–Crippen LogP) is 5.90. The first kappa shape index (κ1) is 15.9. The first-order chi connectivity index (χ1) is 12.0. The molecule has 1 N–H and O–H groups in total. The zero-order valence-corrected chi connectivity index (χ0v) is 16.0. The van der Waals surface area contributed by atoms with Crippen LogP contribution in [0.3, 0.4) is 0 Å². The molecule has 2 nitrogen and oxygen atoms in total. The van der Waals surface area contributed by atoms with E-state index in [4.69, 9.17) is 0 Å². The van der Waals surface area contributed by atoms with Crippen molar-refractivity contribution in [2.24, 2.45) is 17.3 Å². The van der Waals surface area contributed by atoms with Gasteiger partial charge in [0.2, 0.25) is 5.91 Å². The highest BCUT2D eigenvalue weighted by Crippen LogP contribution is 2.65. The van der Waals surface area contributed by atoms with Crippen LogP contribution >= 0.6 is 15.9 Å². The van der Waals surface area contributed by atoms with Crippen LogP contribution in [0.15, 0.2) is 42.5 Å². The first-order valence-electron chi connectivity index (χ1n) is 9.49. The maximum Gasteiger partial charge on any atom is 0.224 e. The SMILES string of the molecule is O=C(CC12C[C@H]3C[C@@H](CC(Br)(C3)C1)C2)Nc1cccc2ccccc12. The molecule has 1 amide bonds. The number of carbonyl (C=O) groups is 1. The quantitative estimate of drug-likeness (QED) is 0.641. The molecule has 25 heavy (non-hydrogen) atoms. The van der Waals surface area contributed by atoms with Gasteiger partial charge < -0.3 is 5.32 Å². The van der Waals surface area contributed by atoms with Crippen LogP contribution in [-0.2, 0) is 4.79 Å². The van der Waals surface area contributed by atoms with E-state index in [0.717, 1.165) is 22.9 Å². The number of benzene rings is 2. The number of alkyl halides is 1. The fourth-order valence-corrected chi connectivity index (χ4v) is 7.92. The van der Waals surface area contributed by atoms with Gasteiger partial charge in [0, 0.05) is 21.8 Å². The average Bonchev–Trinajstić information content (AvgIpc) is 2.52. The fraction of sp³-hybridized carbons (Fsp3) is 0.500. The van der Waals surface area contributed by atoms with Crippen molar-refractivity contribution in [1.29, 1.82) is 0 Å². The monoisotopic (exact) mass is 397 g/mol. The Morgan fingerprint density at radius 1 is 1.04 bits per heavy atom. The summed E-state index contributed by atoms with van der Waals surface area (Å²) in [4.78, 5) is 12.9. The van der Waals surface area contributed by atoms with Crippen molar-refractivity contribution in [3.8, 4) is 0 Å². The Balaban J connectivity index is 1.37. The topological polar surface area (TPSA) is 29.1 Å². The summed E-state index contributed by atoms with van der Waals surface area (Å²) in [5.41, 5.74) is 1.17. The summed E-state index contributed by atoms with van der Waals surface area (Å²) in [5.74, 6) is 1.84. The minimum absolute atomic E-state index is 0.189. The number of carbonyl (C=O) groups excluding carboxylic acids is 1. The second kappa shape index (κ2) is 5.57. The molecule has 4 aliphatic carbocycles. The molecule has 0 heterocycles. The van der Waals surface area contributed by atoms with E-state index in [0.29, 0.717) is 10.7 Å². The molecule has 2 aromatic rings. The van der Waals surface area contributed by atoms with E-state index < -0.39 is 0 Å². The van der Waals surface area contributed by atoms with Crippen molar-refractivity contribution in [3.63, 3.8) is 0 Å². The Kier molecular flexibility index (Phi) is 3.54. The summed E-state index contributed by atoms with van der Waals surface area (Å²) in [6.07, 6.45) is 8.37. The van der Waals surface area contributed by atoms with Crippen molar-refractivity contribution in [2.45, 2.75) is 49.3 Å². The molecule has 0 spiro atoms. The fourth-order valence-electron chi connectivity index (χ4n) is 6.41. The normalized spacial score (nSPS) is 35.9. The van der Waals surface area contributed by atoms with Gasteiger partial charge in [0.25, 0.3) is 0 Å². The van der Waals surface area contributed by atoms with E-state index in [-0.39, 0.29) is 11.3 Å². The lowest BCUT2D eigenvalue weighted by molar-refractivity contribution is -0.123. The molecular weight excluding hydrogens is 374 g/mol. The van der Waals surface area contributed by atoms with Gasteiger partial charge in [-0.15, -0.1) is 0 Å². The van der Waals surface area contributed by atoms with Crippen molar-refractivity contribution >= 4 is 38.3 Å². The van der Waals surface area contributed by atoms with Crippen LogP contribution in [0.25, 0.3) is 10.8 Å². The molecule has 130 valence electrons. The number of hydrogen-bond donors (Lipinski definition) is 1. The van der Waals surface area contributed by atoms with Crippen LogP contribution in [0.5, 0.6) is 0 Å². The summed E-state index contributed by atoms with van der Waals surface area (Å²) in [6, 6.07) is 14.4.